The molecule has 0 radical (unpaired) electrons. The molecule has 0 spiro atoms. The fraction of sp³-hybridized carbons (Fsp3) is 0.462. The van der Waals surface area contributed by atoms with Crippen LogP contribution in [0, 0.1) is 11.2 Å². The summed E-state index contributed by atoms with van der Waals surface area (Å²) in [4.78, 5) is 11.3. The molecule has 1 aliphatic heterocycles. The maximum absolute atomic E-state index is 13.8. The Kier molecular flexibility index (Phi) is 3.52. The summed E-state index contributed by atoms with van der Waals surface area (Å²) in [6, 6.07) is 4.46. The first-order valence-electron chi connectivity index (χ1n) is 5.71. The summed E-state index contributed by atoms with van der Waals surface area (Å²) in [6.07, 6.45) is 0.548. The second kappa shape index (κ2) is 4.94. The molecule has 1 N–H and O–H groups in total. The first-order chi connectivity index (χ1) is 8.57. The van der Waals surface area contributed by atoms with Crippen LogP contribution in [-0.4, -0.2) is 31.4 Å². The molecule has 1 atom stereocenters. The number of carboxylic acids is 1. The molecule has 1 aromatic carbocycles. The van der Waals surface area contributed by atoms with E-state index in [1.807, 2.05) is 0 Å². The van der Waals surface area contributed by atoms with Crippen molar-refractivity contribution in [1.29, 1.82) is 0 Å². The fourth-order valence-electron chi connectivity index (χ4n) is 2.15. The van der Waals surface area contributed by atoms with E-state index in [0.717, 1.165) is 0 Å². The normalized spacial score (nSPS) is 23.0. The number of ether oxygens (including phenoxy) is 2. The molecule has 0 bridgehead atoms. The van der Waals surface area contributed by atoms with Gasteiger partial charge in [-0.1, -0.05) is 6.07 Å². The topological polar surface area (TPSA) is 55.8 Å². The molecular formula is C13H15FO4. The van der Waals surface area contributed by atoms with E-state index in [1.54, 1.807) is 12.1 Å². The Bertz CT molecular complexity index is 452. The predicted octanol–water partition coefficient (Wildman–Crippen LogP) is 1.87. The average Bonchev–Trinajstić information content (AvgIpc) is 2.81. The molecule has 1 saturated heterocycles. The first-order valence-corrected chi connectivity index (χ1v) is 5.71. The van der Waals surface area contributed by atoms with Crippen LogP contribution in [0.3, 0.4) is 0 Å². The van der Waals surface area contributed by atoms with Crippen molar-refractivity contribution >= 4 is 5.97 Å². The Hall–Kier alpha value is -1.62. The van der Waals surface area contributed by atoms with Crippen molar-refractivity contribution in [1.82, 2.24) is 0 Å². The zero-order valence-electron chi connectivity index (χ0n) is 10.1. The summed E-state index contributed by atoms with van der Waals surface area (Å²) in [7, 11) is 1.46. The molecule has 0 aliphatic carbocycles. The van der Waals surface area contributed by atoms with E-state index < -0.39 is 17.2 Å². The molecule has 1 fully saturated rings. The third kappa shape index (κ3) is 2.31. The van der Waals surface area contributed by atoms with Crippen LogP contribution in [0.25, 0.3) is 0 Å². The lowest BCUT2D eigenvalue weighted by Crippen LogP contribution is -2.34. The highest BCUT2D eigenvalue weighted by molar-refractivity contribution is 5.75. The molecule has 0 saturated carbocycles. The van der Waals surface area contributed by atoms with Gasteiger partial charge in [-0.25, -0.2) is 4.39 Å². The maximum Gasteiger partial charge on any atom is 0.312 e. The Morgan fingerprint density at radius 1 is 1.61 bits per heavy atom. The maximum atomic E-state index is 13.8. The quantitative estimate of drug-likeness (QED) is 0.891. The van der Waals surface area contributed by atoms with E-state index in [-0.39, 0.29) is 13.0 Å². The SMILES string of the molecule is COc1ccc(CC2(C(=O)O)CCOC2)c(F)c1. The summed E-state index contributed by atoms with van der Waals surface area (Å²) < 4.78 is 23.9. The molecule has 98 valence electrons. The van der Waals surface area contributed by atoms with Gasteiger partial charge in [0.1, 0.15) is 11.6 Å². The molecule has 1 aromatic rings. The Labute approximate surface area is 104 Å². The molecule has 2 rings (SSSR count). The van der Waals surface area contributed by atoms with Gasteiger partial charge in [0.15, 0.2) is 0 Å². The smallest absolute Gasteiger partial charge is 0.312 e. The highest BCUT2D eigenvalue weighted by Crippen LogP contribution is 2.34. The van der Waals surface area contributed by atoms with E-state index in [2.05, 4.69) is 0 Å². The first kappa shape index (κ1) is 12.8. The van der Waals surface area contributed by atoms with Gasteiger partial charge in [0.05, 0.1) is 19.1 Å². The number of benzene rings is 1. The van der Waals surface area contributed by atoms with Crippen molar-refractivity contribution in [2.45, 2.75) is 12.8 Å². The molecule has 1 heterocycles. The minimum absolute atomic E-state index is 0.133. The van der Waals surface area contributed by atoms with Crippen LogP contribution < -0.4 is 4.74 Å². The Morgan fingerprint density at radius 2 is 2.39 bits per heavy atom. The predicted molar refractivity (Wildman–Crippen MR) is 62.2 cm³/mol. The van der Waals surface area contributed by atoms with Gasteiger partial charge < -0.3 is 14.6 Å². The van der Waals surface area contributed by atoms with E-state index >= 15 is 0 Å². The zero-order valence-corrected chi connectivity index (χ0v) is 10.1. The van der Waals surface area contributed by atoms with Crippen molar-refractivity contribution in [3.05, 3.63) is 29.6 Å². The molecule has 1 aliphatic rings. The average molecular weight is 254 g/mol. The van der Waals surface area contributed by atoms with Crippen LogP contribution in [0.4, 0.5) is 4.39 Å². The van der Waals surface area contributed by atoms with Gasteiger partial charge in [-0.15, -0.1) is 0 Å². The third-order valence-corrected chi connectivity index (χ3v) is 3.35. The lowest BCUT2D eigenvalue weighted by atomic mass is 9.81. The summed E-state index contributed by atoms with van der Waals surface area (Å²) in [5, 5.41) is 9.29. The van der Waals surface area contributed by atoms with E-state index in [4.69, 9.17) is 9.47 Å². The van der Waals surface area contributed by atoms with Crippen LogP contribution >= 0.6 is 0 Å². The Balaban J connectivity index is 2.24. The van der Waals surface area contributed by atoms with Gasteiger partial charge >= 0.3 is 5.97 Å². The van der Waals surface area contributed by atoms with Crippen molar-refractivity contribution in [2.24, 2.45) is 5.41 Å². The van der Waals surface area contributed by atoms with Gasteiger partial charge in [-0.3, -0.25) is 4.79 Å². The van der Waals surface area contributed by atoms with Crippen molar-refractivity contribution in [2.75, 3.05) is 20.3 Å². The van der Waals surface area contributed by atoms with E-state index in [9.17, 15) is 14.3 Å². The van der Waals surface area contributed by atoms with Crippen molar-refractivity contribution in [3.8, 4) is 5.75 Å². The molecule has 18 heavy (non-hydrogen) atoms. The van der Waals surface area contributed by atoms with E-state index in [0.29, 0.717) is 24.3 Å². The summed E-state index contributed by atoms with van der Waals surface area (Å²) in [5.41, 5.74) is -0.626. The molecule has 0 aromatic heterocycles. The second-order valence-corrected chi connectivity index (χ2v) is 4.52. The largest absolute Gasteiger partial charge is 0.497 e. The van der Waals surface area contributed by atoms with Crippen LogP contribution in [0.15, 0.2) is 18.2 Å². The van der Waals surface area contributed by atoms with Crippen LogP contribution in [0.1, 0.15) is 12.0 Å². The number of aliphatic carboxylic acids is 1. The van der Waals surface area contributed by atoms with Crippen LogP contribution in [-0.2, 0) is 16.0 Å². The van der Waals surface area contributed by atoms with E-state index in [1.165, 1.54) is 13.2 Å². The third-order valence-electron chi connectivity index (χ3n) is 3.35. The van der Waals surface area contributed by atoms with Gasteiger partial charge in [-0.2, -0.15) is 0 Å². The summed E-state index contributed by atoms with van der Waals surface area (Å²) in [6.45, 7) is 0.540. The minimum Gasteiger partial charge on any atom is -0.497 e. The van der Waals surface area contributed by atoms with Gasteiger partial charge in [0.2, 0.25) is 0 Å². The highest BCUT2D eigenvalue weighted by atomic mass is 19.1. The van der Waals surface area contributed by atoms with Crippen molar-refractivity contribution in [3.63, 3.8) is 0 Å². The summed E-state index contributed by atoms with van der Waals surface area (Å²) >= 11 is 0. The van der Waals surface area contributed by atoms with Crippen LogP contribution in [0.2, 0.25) is 0 Å². The number of methoxy groups -OCH3 is 1. The summed E-state index contributed by atoms with van der Waals surface area (Å²) in [5.74, 6) is -0.958. The standard InChI is InChI=1S/C13H15FO4/c1-17-10-3-2-9(11(14)6-10)7-13(12(15)16)4-5-18-8-13/h2-3,6H,4-5,7-8H2,1H3,(H,15,16). The highest BCUT2D eigenvalue weighted by Gasteiger charge is 2.43. The van der Waals surface area contributed by atoms with Gasteiger partial charge in [-0.05, 0) is 24.5 Å². The molecule has 1 unspecified atom stereocenters. The zero-order chi connectivity index (χ0) is 13.2. The molecule has 0 amide bonds. The second-order valence-electron chi connectivity index (χ2n) is 4.52. The van der Waals surface area contributed by atoms with Gasteiger partial charge in [0.25, 0.3) is 0 Å². The fourth-order valence-corrected chi connectivity index (χ4v) is 2.15. The lowest BCUT2D eigenvalue weighted by Gasteiger charge is -2.22. The number of halogens is 1. The minimum atomic E-state index is -1.00. The number of carboxylic acid groups (broad SMARTS) is 1. The number of hydrogen-bond donors (Lipinski definition) is 1. The number of rotatable bonds is 4. The molecular weight excluding hydrogens is 239 g/mol. The van der Waals surface area contributed by atoms with Crippen molar-refractivity contribution < 1.29 is 23.8 Å². The Morgan fingerprint density at radius 3 is 2.89 bits per heavy atom. The number of hydrogen-bond acceptors (Lipinski definition) is 3. The molecule has 5 heteroatoms. The lowest BCUT2D eigenvalue weighted by molar-refractivity contribution is -0.148. The van der Waals surface area contributed by atoms with Gasteiger partial charge in [0, 0.05) is 12.7 Å². The molecule has 4 nitrogen and oxygen atoms in total. The van der Waals surface area contributed by atoms with Crippen LogP contribution in [0.5, 0.6) is 5.75 Å². The monoisotopic (exact) mass is 254 g/mol. The number of carbonyl (C=O) groups is 1.